The zero-order chi connectivity index (χ0) is 22.3. The molecular formula is C22H29N3O5S. The van der Waals surface area contributed by atoms with E-state index in [2.05, 4.69) is 9.88 Å². The predicted octanol–water partition coefficient (Wildman–Crippen LogP) is 1.86. The maximum absolute atomic E-state index is 13.0. The van der Waals surface area contributed by atoms with Crippen LogP contribution in [0.4, 0.5) is 0 Å². The summed E-state index contributed by atoms with van der Waals surface area (Å²) in [7, 11) is -2.98. The van der Waals surface area contributed by atoms with Crippen LogP contribution in [0.3, 0.4) is 0 Å². The monoisotopic (exact) mass is 447 g/mol. The van der Waals surface area contributed by atoms with Crippen LogP contribution >= 0.6 is 0 Å². The first-order valence-corrected chi connectivity index (χ1v) is 12.4. The van der Waals surface area contributed by atoms with E-state index in [1.807, 2.05) is 19.1 Å². The number of ether oxygens (including phenoxy) is 2. The Hall–Kier alpha value is -2.65. The molecular weight excluding hydrogens is 418 g/mol. The van der Waals surface area contributed by atoms with Crippen molar-refractivity contribution in [1.82, 2.24) is 14.8 Å². The Bertz CT molecular complexity index is 974. The second kappa shape index (κ2) is 10.6. The van der Waals surface area contributed by atoms with E-state index in [1.165, 1.54) is 6.26 Å². The third-order valence-electron chi connectivity index (χ3n) is 5.07. The molecule has 1 aromatic carbocycles. The van der Waals surface area contributed by atoms with Gasteiger partial charge >= 0.3 is 0 Å². The van der Waals surface area contributed by atoms with E-state index in [0.717, 1.165) is 5.56 Å². The summed E-state index contributed by atoms with van der Waals surface area (Å²) in [5.74, 6) is 1.19. The Morgan fingerprint density at radius 3 is 2.39 bits per heavy atom. The van der Waals surface area contributed by atoms with Gasteiger partial charge in [-0.2, -0.15) is 0 Å². The van der Waals surface area contributed by atoms with E-state index in [0.29, 0.717) is 63.0 Å². The Labute approximate surface area is 183 Å². The summed E-state index contributed by atoms with van der Waals surface area (Å²) in [4.78, 5) is 20.8. The Kier molecular flexibility index (Phi) is 7.86. The van der Waals surface area contributed by atoms with Crippen LogP contribution in [-0.2, 0) is 16.4 Å². The fourth-order valence-electron chi connectivity index (χ4n) is 3.32. The number of carbonyl (C=O) groups is 1. The highest BCUT2D eigenvalue weighted by Crippen LogP contribution is 2.30. The summed E-state index contributed by atoms with van der Waals surface area (Å²) in [5, 5.41) is 0. The van der Waals surface area contributed by atoms with Gasteiger partial charge in [0.05, 0.1) is 12.4 Å². The van der Waals surface area contributed by atoms with Crippen LogP contribution in [0.2, 0.25) is 0 Å². The van der Waals surface area contributed by atoms with Crippen LogP contribution in [0.25, 0.3) is 0 Å². The van der Waals surface area contributed by atoms with Crippen molar-refractivity contribution in [3.05, 3.63) is 53.9 Å². The highest BCUT2D eigenvalue weighted by atomic mass is 32.2. The molecule has 0 bridgehead atoms. The molecule has 8 nitrogen and oxygen atoms in total. The maximum atomic E-state index is 13.0. The van der Waals surface area contributed by atoms with Crippen molar-refractivity contribution in [3.63, 3.8) is 0 Å². The lowest BCUT2D eigenvalue weighted by Crippen LogP contribution is -2.49. The summed E-state index contributed by atoms with van der Waals surface area (Å²) in [6.45, 7) is 5.67. The minimum atomic E-state index is -2.98. The van der Waals surface area contributed by atoms with Crippen LogP contribution in [0.1, 0.15) is 22.8 Å². The number of carbonyl (C=O) groups excluding carboxylic acids is 1. The fourth-order valence-corrected chi connectivity index (χ4v) is 3.91. The highest BCUT2D eigenvalue weighted by molar-refractivity contribution is 7.90. The summed E-state index contributed by atoms with van der Waals surface area (Å²) in [6, 6.07) is 9.01. The molecule has 0 atom stereocenters. The highest BCUT2D eigenvalue weighted by Gasteiger charge is 2.23. The van der Waals surface area contributed by atoms with Gasteiger partial charge in [0, 0.05) is 56.9 Å². The van der Waals surface area contributed by atoms with E-state index >= 15 is 0 Å². The summed E-state index contributed by atoms with van der Waals surface area (Å²) >= 11 is 0. The van der Waals surface area contributed by atoms with Gasteiger partial charge in [-0.15, -0.1) is 0 Å². The first kappa shape index (κ1) is 23.0. The second-order valence-corrected chi connectivity index (χ2v) is 9.76. The summed E-state index contributed by atoms with van der Waals surface area (Å²) < 4.78 is 34.3. The number of pyridine rings is 1. The van der Waals surface area contributed by atoms with Crippen LogP contribution in [0.15, 0.2) is 42.7 Å². The van der Waals surface area contributed by atoms with E-state index in [4.69, 9.17) is 9.47 Å². The minimum Gasteiger partial charge on any atom is -0.490 e. The standard InChI is InChI=1S/C22H29N3O5S/c1-3-29-21-16-19(4-5-20(21)30-17-18-6-8-23-9-7-18)22(26)25-12-10-24(11-13-25)14-15-31(2,27)28/h4-9,16H,3,10-15,17H2,1-2H3. The lowest BCUT2D eigenvalue weighted by Gasteiger charge is -2.34. The van der Waals surface area contributed by atoms with Crippen LogP contribution in [-0.4, -0.2) is 80.4 Å². The average molecular weight is 448 g/mol. The molecule has 0 radical (unpaired) electrons. The average Bonchev–Trinajstić information content (AvgIpc) is 2.77. The van der Waals surface area contributed by atoms with Gasteiger partial charge in [-0.3, -0.25) is 14.7 Å². The molecule has 0 aliphatic carbocycles. The van der Waals surface area contributed by atoms with Gasteiger partial charge in [-0.25, -0.2) is 8.42 Å². The lowest BCUT2D eigenvalue weighted by atomic mass is 10.1. The molecule has 1 fully saturated rings. The molecule has 1 amide bonds. The molecule has 1 saturated heterocycles. The number of piperazine rings is 1. The van der Waals surface area contributed by atoms with E-state index in [1.54, 1.807) is 35.5 Å². The number of aromatic nitrogens is 1. The third-order valence-corrected chi connectivity index (χ3v) is 6.00. The molecule has 1 aliphatic rings. The molecule has 0 saturated carbocycles. The van der Waals surface area contributed by atoms with E-state index < -0.39 is 9.84 Å². The molecule has 2 heterocycles. The van der Waals surface area contributed by atoms with Gasteiger partial charge in [-0.05, 0) is 42.8 Å². The molecule has 0 spiro atoms. The van der Waals surface area contributed by atoms with Crippen LogP contribution < -0.4 is 9.47 Å². The number of amides is 1. The van der Waals surface area contributed by atoms with E-state index in [9.17, 15) is 13.2 Å². The number of hydrogen-bond acceptors (Lipinski definition) is 7. The molecule has 0 N–H and O–H groups in total. The third kappa shape index (κ3) is 6.93. The van der Waals surface area contributed by atoms with Crippen molar-refractivity contribution in [3.8, 4) is 11.5 Å². The van der Waals surface area contributed by atoms with Gasteiger partial charge in [0.25, 0.3) is 5.91 Å². The van der Waals surface area contributed by atoms with Gasteiger partial charge in [0.1, 0.15) is 16.4 Å². The SMILES string of the molecule is CCOc1cc(C(=O)N2CCN(CCS(C)(=O)=O)CC2)ccc1OCc1ccncc1. The lowest BCUT2D eigenvalue weighted by molar-refractivity contribution is 0.0643. The molecule has 31 heavy (non-hydrogen) atoms. The molecule has 1 aromatic heterocycles. The molecule has 2 aromatic rings. The predicted molar refractivity (Wildman–Crippen MR) is 118 cm³/mol. The van der Waals surface area contributed by atoms with Crippen molar-refractivity contribution < 1.29 is 22.7 Å². The molecule has 1 aliphatic heterocycles. The van der Waals surface area contributed by atoms with Crippen molar-refractivity contribution >= 4 is 15.7 Å². The van der Waals surface area contributed by atoms with Gasteiger partial charge < -0.3 is 14.4 Å². The van der Waals surface area contributed by atoms with Gasteiger partial charge in [0.15, 0.2) is 11.5 Å². The molecule has 0 unspecified atom stereocenters. The largest absolute Gasteiger partial charge is 0.490 e. The van der Waals surface area contributed by atoms with Crippen molar-refractivity contribution in [2.75, 3.05) is 51.3 Å². The number of nitrogens with zero attached hydrogens (tertiary/aromatic N) is 3. The first-order chi connectivity index (χ1) is 14.9. The van der Waals surface area contributed by atoms with E-state index in [-0.39, 0.29) is 11.7 Å². The van der Waals surface area contributed by atoms with Crippen molar-refractivity contribution in [2.45, 2.75) is 13.5 Å². The van der Waals surface area contributed by atoms with Crippen molar-refractivity contribution in [2.24, 2.45) is 0 Å². The Balaban J connectivity index is 1.61. The number of benzene rings is 1. The minimum absolute atomic E-state index is 0.0654. The first-order valence-electron chi connectivity index (χ1n) is 10.3. The van der Waals surface area contributed by atoms with Crippen LogP contribution in [0, 0.1) is 0 Å². The Morgan fingerprint density at radius 1 is 1.03 bits per heavy atom. The molecule has 3 rings (SSSR count). The summed E-state index contributed by atoms with van der Waals surface area (Å²) in [6.07, 6.45) is 4.67. The van der Waals surface area contributed by atoms with Gasteiger partial charge in [-0.1, -0.05) is 0 Å². The number of hydrogen-bond donors (Lipinski definition) is 0. The summed E-state index contributed by atoms with van der Waals surface area (Å²) in [5.41, 5.74) is 1.54. The molecule has 9 heteroatoms. The smallest absolute Gasteiger partial charge is 0.254 e. The van der Waals surface area contributed by atoms with Gasteiger partial charge in [0.2, 0.25) is 0 Å². The topological polar surface area (TPSA) is 89.0 Å². The number of rotatable bonds is 9. The fraction of sp³-hybridized carbons (Fsp3) is 0.455. The molecule has 168 valence electrons. The quantitative estimate of drug-likeness (QED) is 0.580. The zero-order valence-electron chi connectivity index (χ0n) is 18.0. The number of sulfone groups is 1. The van der Waals surface area contributed by atoms with Crippen LogP contribution in [0.5, 0.6) is 11.5 Å². The maximum Gasteiger partial charge on any atom is 0.254 e. The zero-order valence-corrected chi connectivity index (χ0v) is 18.8. The van der Waals surface area contributed by atoms with Crippen molar-refractivity contribution in [1.29, 1.82) is 0 Å². The second-order valence-electron chi connectivity index (χ2n) is 7.50. The normalized spacial score (nSPS) is 15.0. The Morgan fingerprint density at radius 2 is 1.74 bits per heavy atom.